The average Bonchev–Trinajstić information content (AvgIpc) is 3.48. The Morgan fingerprint density at radius 3 is 2.86 bits per heavy atom. The first-order chi connectivity index (χ1) is 14.2. The Labute approximate surface area is 172 Å². The fourth-order valence-corrected chi connectivity index (χ4v) is 5.12. The fraction of sp³-hybridized carbons (Fsp3) is 0.522. The van der Waals surface area contributed by atoms with Gasteiger partial charge in [0.2, 0.25) is 0 Å². The van der Waals surface area contributed by atoms with Gasteiger partial charge in [0.15, 0.2) is 5.76 Å². The van der Waals surface area contributed by atoms with E-state index in [1.807, 2.05) is 11.0 Å². The number of hydrogen-bond donors (Lipinski definition) is 1. The van der Waals surface area contributed by atoms with Crippen LogP contribution >= 0.6 is 0 Å². The highest BCUT2D eigenvalue weighted by atomic mass is 16.3. The second-order valence-corrected chi connectivity index (χ2v) is 8.56. The van der Waals surface area contributed by atoms with Crippen LogP contribution in [0, 0.1) is 0 Å². The molecule has 2 unspecified atom stereocenters. The van der Waals surface area contributed by atoms with Crippen LogP contribution in [0.5, 0.6) is 0 Å². The van der Waals surface area contributed by atoms with Gasteiger partial charge >= 0.3 is 0 Å². The van der Waals surface area contributed by atoms with E-state index in [4.69, 9.17) is 4.42 Å². The lowest BCUT2D eigenvalue weighted by molar-refractivity contribution is 0.0740. The zero-order chi connectivity index (χ0) is 19.8. The lowest BCUT2D eigenvalue weighted by Gasteiger charge is -2.32. The number of anilines is 1. The first-order valence-corrected chi connectivity index (χ1v) is 10.9. The van der Waals surface area contributed by atoms with E-state index in [-0.39, 0.29) is 5.91 Å². The van der Waals surface area contributed by atoms with E-state index in [0.717, 1.165) is 57.7 Å². The number of carbonyl (C=O) groups is 1. The molecule has 6 nitrogen and oxygen atoms in total. The van der Waals surface area contributed by atoms with Crippen LogP contribution in [0.15, 0.2) is 41.0 Å². The van der Waals surface area contributed by atoms with Gasteiger partial charge in [0.25, 0.3) is 5.91 Å². The number of carbonyl (C=O) groups excluding carboxylic acids is 1. The van der Waals surface area contributed by atoms with Gasteiger partial charge in [0.1, 0.15) is 0 Å². The molecule has 6 heteroatoms. The summed E-state index contributed by atoms with van der Waals surface area (Å²) in [4.78, 5) is 20.1. The standard InChI is InChI=1S/C23H30N4O2/c1-17-14-18-4-2-3-5-21(18)27(17)15-19-7-13-29-22(19)23(28)26-10-6-20(16-26)25-11-8-24-9-12-25/h2-5,7,13,17,20,24H,6,8-12,14-16H2,1H3. The molecule has 5 rings (SSSR count). The van der Waals surface area contributed by atoms with Crippen LogP contribution in [-0.4, -0.2) is 67.1 Å². The number of piperazine rings is 1. The van der Waals surface area contributed by atoms with Crippen molar-refractivity contribution in [2.24, 2.45) is 0 Å². The van der Waals surface area contributed by atoms with Gasteiger partial charge in [-0.15, -0.1) is 0 Å². The Balaban J connectivity index is 1.29. The lowest BCUT2D eigenvalue weighted by Crippen LogP contribution is -2.49. The zero-order valence-electron chi connectivity index (χ0n) is 17.1. The van der Waals surface area contributed by atoms with Crippen molar-refractivity contribution >= 4 is 11.6 Å². The molecule has 1 aromatic carbocycles. The molecule has 1 N–H and O–H groups in total. The quantitative estimate of drug-likeness (QED) is 0.863. The van der Waals surface area contributed by atoms with Crippen LogP contribution in [0.3, 0.4) is 0 Å². The van der Waals surface area contributed by atoms with Crippen molar-refractivity contribution in [2.45, 2.75) is 38.4 Å². The third-order valence-electron chi connectivity index (χ3n) is 6.75. The molecule has 4 heterocycles. The number of nitrogens with one attached hydrogen (secondary N) is 1. The first kappa shape index (κ1) is 18.7. The molecule has 2 saturated heterocycles. The number of likely N-dealkylation sites (tertiary alicyclic amines) is 1. The summed E-state index contributed by atoms with van der Waals surface area (Å²) in [6.45, 7) is 8.82. The van der Waals surface area contributed by atoms with E-state index in [0.29, 0.717) is 24.4 Å². The molecule has 2 fully saturated rings. The van der Waals surface area contributed by atoms with Crippen LogP contribution in [0.4, 0.5) is 5.69 Å². The third kappa shape index (κ3) is 3.55. The minimum atomic E-state index is 0.0442. The van der Waals surface area contributed by atoms with Crippen LogP contribution in [0.1, 0.15) is 35.0 Å². The van der Waals surface area contributed by atoms with Gasteiger partial charge in [-0.25, -0.2) is 0 Å². The van der Waals surface area contributed by atoms with Crippen molar-refractivity contribution in [3.63, 3.8) is 0 Å². The summed E-state index contributed by atoms with van der Waals surface area (Å²) in [5.74, 6) is 0.560. The Kier molecular flexibility index (Phi) is 5.06. The smallest absolute Gasteiger partial charge is 0.289 e. The SMILES string of the molecule is CC1Cc2ccccc2N1Cc1ccoc1C(=O)N1CCC(N2CCNCC2)C1. The molecule has 3 aliphatic heterocycles. The third-order valence-corrected chi connectivity index (χ3v) is 6.75. The summed E-state index contributed by atoms with van der Waals surface area (Å²) in [5, 5.41) is 3.41. The number of benzene rings is 1. The van der Waals surface area contributed by atoms with E-state index < -0.39 is 0 Å². The Hall–Kier alpha value is -2.31. The maximum atomic E-state index is 13.2. The van der Waals surface area contributed by atoms with Crippen molar-refractivity contribution in [2.75, 3.05) is 44.2 Å². The largest absolute Gasteiger partial charge is 0.459 e. The highest BCUT2D eigenvalue weighted by Crippen LogP contribution is 2.34. The van der Waals surface area contributed by atoms with E-state index in [9.17, 15) is 4.79 Å². The second-order valence-electron chi connectivity index (χ2n) is 8.56. The van der Waals surface area contributed by atoms with Gasteiger partial charge in [-0.05, 0) is 37.5 Å². The van der Waals surface area contributed by atoms with Crippen molar-refractivity contribution in [1.82, 2.24) is 15.1 Å². The molecule has 154 valence electrons. The van der Waals surface area contributed by atoms with Crippen LogP contribution in [0.25, 0.3) is 0 Å². The molecule has 2 aromatic rings. The molecule has 0 radical (unpaired) electrons. The average molecular weight is 395 g/mol. The highest BCUT2D eigenvalue weighted by molar-refractivity contribution is 5.93. The number of para-hydroxylation sites is 1. The molecule has 0 saturated carbocycles. The number of rotatable bonds is 4. The molecule has 0 aliphatic carbocycles. The predicted octanol–water partition coefficient (Wildman–Crippen LogP) is 2.35. The summed E-state index contributed by atoms with van der Waals surface area (Å²) >= 11 is 0. The Morgan fingerprint density at radius 1 is 1.17 bits per heavy atom. The molecule has 0 spiro atoms. The number of amides is 1. The maximum Gasteiger partial charge on any atom is 0.289 e. The van der Waals surface area contributed by atoms with Crippen molar-refractivity contribution < 1.29 is 9.21 Å². The summed E-state index contributed by atoms with van der Waals surface area (Å²) < 4.78 is 5.71. The van der Waals surface area contributed by atoms with Gasteiger partial charge in [-0.3, -0.25) is 9.69 Å². The first-order valence-electron chi connectivity index (χ1n) is 10.9. The topological polar surface area (TPSA) is 52.0 Å². The van der Waals surface area contributed by atoms with Gasteiger partial charge in [0, 0.05) is 69.1 Å². The van der Waals surface area contributed by atoms with Crippen molar-refractivity contribution in [3.8, 4) is 0 Å². The van der Waals surface area contributed by atoms with Crippen LogP contribution < -0.4 is 10.2 Å². The molecule has 29 heavy (non-hydrogen) atoms. The number of nitrogens with zero attached hydrogens (tertiary/aromatic N) is 3. The van der Waals surface area contributed by atoms with E-state index >= 15 is 0 Å². The van der Waals surface area contributed by atoms with E-state index in [2.05, 4.69) is 46.3 Å². The molecule has 0 bridgehead atoms. The molecule has 1 aromatic heterocycles. The zero-order valence-corrected chi connectivity index (χ0v) is 17.1. The maximum absolute atomic E-state index is 13.2. The second kappa shape index (κ2) is 7.84. The Bertz CT molecular complexity index is 873. The van der Waals surface area contributed by atoms with Gasteiger partial charge in [-0.2, -0.15) is 0 Å². The monoisotopic (exact) mass is 394 g/mol. The lowest BCUT2D eigenvalue weighted by atomic mass is 10.1. The van der Waals surface area contributed by atoms with E-state index in [1.165, 1.54) is 11.3 Å². The van der Waals surface area contributed by atoms with Gasteiger partial charge in [-0.1, -0.05) is 18.2 Å². The predicted molar refractivity (Wildman–Crippen MR) is 113 cm³/mol. The highest BCUT2D eigenvalue weighted by Gasteiger charge is 2.34. The number of furan rings is 1. The number of fused-ring (bicyclic) bond motifs is 1. The van der Waals surface area contributed by atoms with Crippen LogP contribution in [-0.2, 0) is 13.0 Å². The normalized spacial score (nSPS) is 24.9. The molecular weight excluding hydrogens is 364 g/mol. The van der Waals surface area contributed by atoms with Crippen molar-refractivity contribution in [1.29, 1.82) is 0 Å². The number of hydrogen-bond acceptors (Lipinski definition) is 5. The summed E-state index contributed by atoms with van der Waals surface area (Å²) in [6, 6.07) is 11.4. The summed E-state index contributed by atoms with van der Waals surface area (Å²) in [5.41, 5.74) is 3.65. The minimum absolute atomic E-state index is 0.0442. The molecule has 2 atom stereocenters. The summed E-state index contributed by atoms with van der Waals surface area (Å²) in [6.07, 6.45) is 3.77. The van der Waals surface area contributed by atoms with Gasteiger partial charge in [0.05, 0.1) is 6.26 Å². The molecule has 1 amide bonds. The van der Waals surface area contributed by atoms with E-state index in [1.54, 1.807) is 6.26 Å². The fourth-order valence-electron chi connectivity index (χ4n) is 5.12. The minimum Gasteiger partial charge on any atom is -0.459 e. The molecule has 3 aliphatic rings. The Morgan fingerprint density at radius 2 is 2.00 bits per heavy atom. The van der Waals surface area contributed by atoms with Crippen LogP contribution in [0.2, 0.25) is 0 Å². The van der Waals surface area contributed by atoms with Crippen molar-refractivity contribution in [3.05, 3.63) is 53.5 Å². The summed E-state index contributed by atoms with van der Waals surface area (Å²) in [7, 11) is 0. The molecular formula is C23H30N4O2. The van der Waals surface area contributed by atoms with Gasteiger partial charge < -0.3 is 19.5 Å².